The summed E-state index contributed by atoms with van der Waals surface area (Å²) in [6.45, 7) is 2.18. The first-order valence-corrected chi connectivity index (χ1v) is 9.13. The van der Waals surface area contributed by atoms with Crippen molar-refractivity contribution in [3.8, 4) is 11.4 Å². The van der Waals surface area contributed by atoms with E-state index in [1.807, 2.05) is 30.3 Å². The number of hydrogen-bond acceptors (Lipinski definition) is 5. The Morgan fingerprint density at radius 2 is 1.89 bits per heavy atom. The van der Waals surface area contributed by atoms with Gasteiger partial charge in [-0.25, -0.2) is 9.18 Å². The minimum absolute atomic E-state index is 0.100. The number of aromatic nitrogens is 4. The molecule has 0 bridgehead atoms. The topological polar surface area (TPSA) is 71.2 Å². The Morgan fingerprint density at radius 3 is 2.57 bits per heavy atom. The van der Waals surface area contributed by atoms with E-state index in [-0.39, 0.29) is 18.0 Å². The van der Waals surface area contributed by atoms with Crippen LogP contribution in [0.3, 0.4) is 0 Å². The predicted molar refractivity (Wildman–Crippen MR) is 100.0 cm³/mol. The quantitative estimate of drug-likeness (QED) is 0.653. The molecule has 1 aliphatic rings. The summed E-state index contributed by atoms with van der Waals surface area (Å²) < 4.78 is 28.2. The summed E-state index contributed by atoms with van der Waals surface area (Å²) in [4.78, 5) is 12.2. The zero-order chi connectivity index (χ0) is 19.7. The number of rotatable bonds is 6. The highest BCUT2D eigenvalue weighted by molar-refractivity contribution is 5.48. The molecule has 1 aliphatic carbocycles. The maximum absolute atomic E-state index is 14.1. The first kappa shape index (κ1) is 18.4. The molecule has 0 N–H and O–H groups in total. The van der Waals surface area contributed by atoms with Crippen LogP contribution in [0.4, 0.5) is 4.39 Å². The summed E-state index contributed by atoms with van der Waals surface area (Å²) in [7, 11) is 1.50. The minimum atomic E-state index is -0.423. The van der Waals surface area contributed by atoms with Gasteiger partial charge in [0.15, 0.2) is 0 Å². The van der Waals surface area contributed by atoms with E-state index in [1.165, 1.54) is 13.1 Å². The third kappa shape index (κ3) is 3.68. The van der Waals surface area contributed by atoms with Crippen LogP contribution in [-0.2, 0) is 18.4 Å². The molecule has 1 aromatic heterocycles. The summed E-state index contributed by atoms with van der Waals surface area (Å²) in [5.41, 5.74) is 1.48. The fourth-order valence-corrected chi connectivity index (χ4v) is 3.09. The first-order chi connectivity index (χ1) is 13.5. The molecule has 0 unspecified atom stereocenters. The van der Waals surface area contributed by atoms with Crippen LogP contribution < -0.4 is 10.4 Å². The lowest BCUT2D eigenvalue weighted by Crippen LogP contribution is -2.39. The normalized spacial score (nSPS) is 18.7. The molecule has 0 spiro atoms. The lowest BCUT2D eigenvalue weighted by molar-refractivity contribution is -0.0684. The van der Waals surface area contributed by atoms with Crippen molar-refractivity contribution in [2.24, 2.45) is 7.05 Å². The van der Waals surface area contributed by atoms with Gasteiger partial charge in [0, 0.05) is 26.0 Å². The molecule has 0 aliphatic heterocycles. The number of ether oxygens (including phenoxy) is 2. The fourth-order valence-electron chi connectivity index (χ4n) is 3.09. The van der Waals surface area contributed by atoms with Crippen LogP contribution in [0.25, 0.3) is 5.69 Å². The molecule has 3 aromatic rings. The molecule has 0 atom stereocenters. The number of tetrazole rings is 1. The van der Waals surface area contributed by atoms with Gasteiger partial charge in [0.05, 0.1) is 12.7 Å². The summed E-state index contributed by atoms with van der Waals surface area (Å²) in [6.07, 6.45) is 1.41. The largest absolute Gasteiger partial charge is 0.488 e. The smallest absolute Gasteiger partial charge is 0.368 e. The molecule has 1 heterocycles. The van der Waals surface area contributed by atoms with Crippen LogP contribution >= 0.6 is 0 Å². The maximum Gasteiger partial charge on any atom is 0.368 e. The SMILES string of the molecule is Cc1cc(-n2nnn(C)c2=O)c(OC2CC(OCc3ccccc3)C2)cc1F. The van der Waals surface area contributed by atoms with Gasteiger partial charge in [-0.15, -0.1) is 0 Å². The molecule has 2 aromatic carbocycles. The van der Waals surface area contributed by atoms with Crippen LogP contribution in [-0.4, -0.2) is 32.0 Å². The molecule has 0 amide bonds. The second kappa shape index (κ2) is 7.55. The van der Waals surface area contributed by atoms with Crippen molar-refractivity contribution >= 4 is 0 Å². The summed E-state index contributed by atoms with van der Waals surface area (Å²) >= 11 is 0. The van der Waals surface area contributed by atoms with E-state index in [1.54, 1.807) is 13.0 Å². The average molecular weight is 384 g/mol. The molecule has 1 fully saturated rings. The van der Waals surface area contributed by atoms with Crippen molar-refractivity contribution in [1.82, 2.24) is 19.8 Å². The Labute approximate surface area is 161 Å². The first-order valence-electron chi connectivity index (χ1n) is 9.13. The fraction of sp³-hybridized carbons (Fsp3) is 0.350. The van der Waals surface area contributed by atoms with Gasteiger partial charge in [-0.2, -0.15) is 9.36 Å². The zero-order valence-corrected chi connectivity index (χ0v) is 15.7. The minimum Gasteiger partial charge on any atom is -0.488 e. The van der Waals surface area contributed by atoms with E-state index >= 15 is 0 Å². The lowest BCUT2D eigenvalue weighted by Gasteiger charge is -2.35. The Hall–Kier alpha value is -3.00. The molecule has 28 heavy (non-hydrogen) atoms. The Balaban J connectivity index is 1.43. The highest BCUT2D eigenvalue weighted by atomic mass is 19.1. The van der Waals surface area contributed by atoms with Gasteiger partial charge >= 0.3 is 5.69 Å². The summed E-state index contributed by atoms with van der Waals surface area (Å²) in [5, 5.41) is 7.55. The van der Waals surface area contributed by atoms with Gasteiger partial charge in [0.25, 0.3) is 0 Å². The van der Waals surface area contributed by atoms with E-state index in [0.717, 1.165) is 14.9 Å². The van der Waals surface area contributed by atoms with Crippen LogP contribution in [0, 0.1) is 12.7 Å². The summed E-state index contributed by atoms with van der Waals surface area (Å²) in [6, 6.07) is 12.8. The van der Waals surface area contributed by atoms with Crippen molar-refractivity contribution in [1.29, 1.82) is 0 Å². The Bertz CT molecular complexity index is 1030. The van der Waals surface area contributed by atoms with Crippen molar-refractivity contribution in [2.45, 2.75) is 38.6 Å². The van der Waals surface area contributed by atoms with Gasteiger partial charge in [-0.1, -0.05) is 30.3 Å². The van der Waals surface area contributed by atoms with E-state index in [4.69, 9.17) is 9.47 Å². The van der Waals surface area contributed by atoms with Crippen LogP contribution in [0.5, 0.6) is 5.75 Å². The van der Waals surface area contributed by atoms with Crippen LogP contribution in [0.2, 0.25) is 0 Å². The summed E-state index contributed by atoms with van der Waals surface area (Å²) in [5.74, 6) is -0.121. The molecule has 146 valence electrons. The Kier molecular flexibility index (Phi) is 4.95. The van der Waals surface area contributed by atoms with E-state index < -0.39 is 11.5 Å². The number of hydrogen-bond donors (Lipinski definition) is 0. The molecular weight excluding hydrogens is 363 g/mol. The van der Waals surface area contributed by atoms with E-state index in [0.29, 0.717) is 30.7 Å². The number of aryl methyl sites for hydroxylation is 2. The van der Waals surface area contributed by atoms with Crippen molar-refractivity contribution in [3.63, 3.8) is 0 Å². The van der Waals surface area contributed by atoms with E-state index in [2.05, 4.69) is 10.4 Å². The van der Waals surface area contributed by atoms with Gasteiger partial charge in [0.1, 0.15) is 23.4 Å². The second-order valence-corrected chi connectivity index (χ2v) is 7.00. The number of nitrogens with zero attached hydrogens (tertiary/aromatic N) is 4. The van der Waals surface area contributed by atoms with Crippen molar-refractivity contribution in [2.75, 3.05) is 0 Å². The maximum atomic E-state index is 14.1. The monoisotopic (exact) mass is 384 g/mol. The van der Waals surface area contributed by atoms with Crippen molar-refractivity contribution < 1.29 is 13.9 Å². The third-order valence-electron chi connectivity index (χ3n) is 4.86. The van der Waals surface area contributed by atoms with Gasteiger partial charge in [0.2, 0.25) is 0 Å². The molecular formula is C20H21FN4O3. The highest BCUT2D eigenvalue weighted by Crippen LogP contribution is 2.32. The van der Waals surface area contributed by atoms with Gasteiger partial charge < -0.3 is 9.47 Å². The Morgan fingerprint density at radius 1 is 1.14 bits per heavy atom. The lowest BCUT2D eigenvalue weighted by atomic mass is 9.92. The molecule has 4 rings (SSSR count). The molecule has 0 saturated heterocycles. The number of benzene rings is 2. The highest BCUT2D eigenvalue weighted by Gasteiger charge is 2.32. The third-order valence-corrected chi connectivity index (χ3v) is 4.86. The van der Waals surface area contributed by atoms with Crippen LogP contribution in [0.15, 0.2) is 47.3 Å². The molecule has 8 heteroatoms. The average Bonchev–Trinajstić information content (AvgIpc) is 2.99. The van der Waals surface area contributed by atoms with Gasteiger partial charge in [-0.05, 0) is 34.5 Å². The number of halogens is 1. The molecule has 1 saturated carbocycles. The van der Waals surface area contributed by atoms with Crippen molar-refractivity contribution in [3.05, 3.63) is 69.9 Å². The van der Waals surface area contributed by atoms with Gasteiger partial charge in [-0.3, -0.25) is 0 Å². The standard InChI is InChI=1S/C20H21FN4O3/c1-13-8-18(25-20(26)24(2)22-23-25)19(11-17(13)21)28-16-9-15(10-16)27-12-14-6-4-3-5-7-14/h3-8,11,15-16H,9-10,12H2,1-2H3. The predicted octanol–water partition coefficient (Wildman–Crippen LogP) is 2.54. The zero-order valence-electron chi connectivity index (χ0n) is 15.7. The molecule has 7 nitrogen and oxygen atoms in total. The van der Waals surface area contributed by atoms with Crippen LogP contribution in [0.1, 0.15) is 24.0 Å². The second-order valence-electron chi connectivity index (χ2n) is 7.00. The van der Waals surface area contributed by atoms with E-state index in [9.17, 15) is 9.18 Å². The molecule has 0 radical (unpaired) electrons.